The van der Waals surface area contributed by atoms with Gasteiger partial charge in [0.1, 0.15) is 0 Å². The SMILES string of the molecule is CNC1CCC(N(CCO)C2CCCCC2)CC1. The Labute approximate surface area is 112 Å². The molecule has 18 heavy (non-hydrogen) atoms. The van der Waals surface area contributed by atoms with Gasteiger partial charge in [-0.3, -0.25) is 4.90 Å². The van der Waals surface area contributed by atoms with Gasteiger partial charge < -0.3 is 10.4 Å². The van der Waals surface area contributed by atoms with Crippen LogP contribution in [0, 0.1) is 0 Å². The van der Waals surface area contributed by atoms with Gasteiger partial charge in [-0.1, -0.05) is 19.3 Å². The van der Waals surface area contributed by atoms with Gasteiger partial charge in [-0.2, -0.15) is 0 Å². The molecule has 3 heteroatoms. The molecule has 0 spiro atoms. The normalized spacial score (nSPS) is 30.8. The van der Waals surface area contributed by atoms with Crippen molar-refractivity contribution in [2.45, 2.75) is 75.9 Å². The fourth-order valence-electron chi connectivity index (χ4n) is 3.89. The van der Waals surface area contributed by atoms with Gasteiger partial charge in [-0.05, 0) is 45.6 Å². The Bertz CT molecular complexity index is 221. The standard InChI is InChI=1S/C15H30N2O/c1-16-13-7-9-15(10-8-13)17(11-12-18)14-5-3-2-4-6-14/h13-16,18H,2-12H2,1H3. The Morgan fingerprint density at radius 2 is 1.56 bits per heavy atom. The summed E-state index contributed by atoms with van der Waals surface area (Å²) < 4.78 is 0. The Hall–Kier alpha value is -0.120. The van der Waals surface area contributed by atoms with Crippen molar-refractivity contribution in [3.63, 3.8) is 0 Å². The van der Waals surface area contributed by atoms with Crippen LogP contribution in [0.3, 0.4) is 0 Å². The molecule has 0 aromatic rings. The summed E-state index contributed by atoms with van der Waals surface area (Å²) in [5.41, 5.74) is 0. The molecule has 0 bridgehead atoms. The second kappa shape index (κ2) is 7.46. The summed E-state index contributed by atoms with van der Waals surface area (Å²) >= 11 is 0. The highest BCUT2D eigenvalue weighted by molar-refractivity contribution is 4.86. The van der Waals surface area contributed by atoms with Crippen molar-refractivity contribution < 1.29 is 5.11 Å². The van der Waals surface area contributed by atoms with Gasteiger partial charge >= 0.3 is 0 Å². The lowest BCUT2D eigenvalue weighted by molar-refractivity contribution is 0.0577. The fourth-order valence-corrected chi connectivity index (χ4v) is 3.89. The molecule has 0 aromatic carbocycles. The summed E-state index contributed by atoms with van der Waals surface area (Å²) in [4.78, 5) is 2.64. The Morgan fingerprint density at radius 3 is 2.11 bits per heavy atom. The lowest BCUT2D eigenvalue weighted by Crippen LogP contribution is -2.48. The molecule has 0 atom stereocenters. The summed E-state index contributed by atoms with van der Waals surface area (Å²) in [5, 5.41) is 12.7. The molecule has 2 fully saturated rings. The van der Waals surface area contributed by atoms with Gasteiger partial charge in [-0.15, -0.1) is 0 Å². The van der Waals surface area contributed by atoms with Crippen LogP contribution in [0.4, 0.5) is 0 Å². The van der Waals surface area contributed by atoms with E-state index in [2.05, 4.69) is 17.3 Å². The third-order valence-electron chi connectivity index (χ3n) is 4.98. The van der Waals surface area contributed by atoms with E-state index in [1.165, 1.54) is 57.8 Å². The quantitative estimate of drug-likeness (QED) is 0.789. The molecule has 0 unspecified atom stereocenters. The highest BCUT2D eigenvalue weighted by Crippen LogP contribution is 2.29. The number of hydrogen-bond donors (Lipinski definition) is 2. The van der Waals surface area contributed by atoms with E-state index < -0.39 is 0 Å². The molecule has 2 aliphatic rings. The van der Waals surface area contributed by atoms with Gasteiger partial charge in [0, 0.05) is 24.7 Å². The number of rotatable bonds is 5. The van der Waals surface area contributed by atoms with Crippen molar-refractivity contribution in [1.29, 1.82) is 0 Å². The highest BCUT2D eigenvalue weighted by Gasteiger charge is 2.30. The fraction of sp³-hybridized carbons (Fsp3) is 1.00. The molecule has 0 heterocycles. The molecule has 2 aliphatic carbocycles. The first-order valence-corrected chi connectivity index (χ1v) is 7.89. The topological polar surface area (TPSA) is 35.5 Å². The average Bonchev–Trinajstić information content (AvgIpc) is 2.46. The third kappa shape index (κ3) is 3.69. The monoisotopic (exact) mass is 254 g/mol. The minimum atomic E-state index is 0.322. The van der Waals surface area contributed by atoms with Crippen LogP contribution in [0.1, 0.15) is 57.8 Å². The molecule has 2 N–H and O–H groups in total. The molecule has 0 radical (unpaired) electrons. The molecule has 106 valence electrons. The van der Waals surface area contributed by atoms with Crippen LogP contribution in [0.2, 0.25) is 0 Å². The van der Waals surface area contributed by atoms with Crippen molar-refractivity contribution >= 4 is 0 Å². The highest BCUT2D eigenvalue weighted by atomic mass is 16.3. The zero-order valence-corrected chi connectivity index (χ0v) is 11.9. The van der Waals surface area contributed by atoms with Gasteiger partial charge in [0.2, 0.25) is 0 Å². The van der Waals surface area contributed by atoms with E-state index in [0.717, 1.165) is 24.7 Å². The van der Waals surface area contributed by atoms with Gasteiger partial charge in [0.25, 0.3) is 0 Å². The lowest BCUT2D eigenvalue weighted by Gasteiger charge is -2.42. The maximum atomic E-state index is 9.34. The number of aliphatic hydroxyl groups excluding tert-OH is 1. The van der Waals surface area contributed by atoms with E-state index in [1.54, 1.807) is 0 Å². The van der Waals surface area contributed by atoms with E-state index in [-0.39, 0.29) is 0 Å². The second-order valence-corrected chi connectivity index (χ2v) is 6.05. The van der Waals surface area contributed by atoms with Crippen molar-refractivity contribution in [3.05, 3.63) is 0 Å². The van der Waals surface area contributed by atoms with E-state index in [4.69, 9.17) is 0 Å². The molecule has 0 aliphatic heterocycles. The summed E-state index contributed by atoms with van der Waals surface area (Å²) in [6.45, 7) is 1.21. The smallest absolute Gasteiger partial charge is 0.0558 e. The summed E-state index contributed by atoms with van der Waals surface area (Å²) in [6.07, 6.45) is 12.1. The van der Waals surface area contributed by atoms with Crippen LogP contribution >= 0.6 is 0 Å². The van der Waals surface area contributed by atoms with Crippen LogP contribution in [-0.2, 0) is 0 Å². The molecule has 3 nitrogen and oxygen atoms in total. The molecule has 2 rings (SSSR count). The predicted octanol–water partition coefficient (Wildman–Crippen LogP) is 2.14. The first kappa shape index (κ1) is 14.3. The van der Waals surface area contributed by atoms with Crippen LogP contribution in [0.5, 0.6) is 0 Å². The minimum Gasteiger partial charge on any atom is -0.395 e. The van der Waals surface area contributed by atoms with E-state index in [0.29, 0.717) is 6.61 Å². The van der Waals surface area contributed by atoms with Crippen molar-refractivity contribution in [2.75, 3.05) is 20.2 Å². The van der Waals surface area contributed by atoms with Crippen LogP contribution in [-0.4, -0.2) is 48.3 Å². The van der Waals surface area contributed by atoms with Gasteiger partial charge in [0.15, 0.2) is 0 Å². The number of nitrogens with zero attached hydrogens (tertiary/aromatic N) is 1. The van der Waals surface area contributed by atoms with Crippen molar-refractivity contribution in [3.8, 4) is 0 Å². The summed E-state index contributed by atoms with van der Waals surface area (Å²) in [7, 11) is 2.08. The number of aliphatic hydroxyl groups is 1. The number of nitrogens with one attached hydrogen (secondary N) is 1. The van der Waals surface area contributed by atoms with Crippen LogP contribution in [0.15, 0.2) is 0 Å². The molecular weight excluding hydrogens is 224 g/mol. The summed E-state index contributed by atoms with van der Waals surface area (Å²) in [6, 6.07) is 2.20. The van der Waals surface area contributed by atoms with E-state index in [9.17, 15) is 5.11 Å². The first-order chi connectivity index (χ1) is 8.85. The first-order valence-electron chi connectivity index (χ1n) is 7.89. The Kier molecular flexibility index (Phi) is 5.93. The van der Waals surface area contributed by atoms with Crippen LogP contribution < -0.4 is 5.32 Å². The predicted molar refractivity (Wildman–Crippen MR) is 75.8 cm³/mol. The third-order valence-corrected chi connectivity index (χ3v) is 4.98. The molecule has 0 aromatic heterocycles. The Morgan fingerprint density at radius 1 is 0.944 bits per heavy atom. The van der Waals surface area contributed by atoms with Crippen LogP contribution in [0.25, 0.3) is 0 Å². The largest absolute Gasteiger partial charge is 0.395 e. The number of hydrogen-bond acceptors (Lipinski definition) is 3. The molecule has 0 amide bonds. The zero-order chi connectivity index (χ0) is 12.8. The van der Waals surface area contributed by atoms with Crippen molar-refractivity contribution in [2.24, 2.45) is 0 Å². The summed E-state index contributed by atoms with van der Waals surface area (Å²) in [5.74, 6) is 0. The van der Waals surface area contributed by atoms with E-state index in [1.807, 2.05) is 0 Å². The maximum absolute atomic E-state index is 9.34. The molecule has 0 saturated heterocycles. The van der Waals surface area contributed by atoms with Gasteiger partial charge in [-0.25, -0.2) is 0 Å². The molecule has 2 saturated carbocycles. The van der Waals surface area contributed by atoms with E-state index >= 15 is 0 Å². The Balaban J connectivity index is 1.88. The lowest BCUT2D eigenvalue weighted by atomic mass is 9.87. The van der Waals surface area contributed by atoms with Crippen molar-refractivity contribution in [1.82, 2.24) is 10.2 Å². The second-order valence-electron chi connectivity index (χ2n) is 6.05. The average molecular weight is 254 g/mol. The maximum Gasteiger partial charge on any atom is 0.0558 e. The minimum absolute atomic E-state index is 0.322. The zero-order valence-electron chi connectivity index (χ0n) is 11.9. The molecular formula is C15H30N2O. The van der Waals surface area contributed by atoms with Gasteiger partial charge in [0.05, 0.1) is 6.61 Å².